The summed E-state index contributed by atoms with van der Waals surface area (Å²) >= 11 is 0. The predicted octanol–water partition coefficient (Wildman–Crippen LogP) is 1.76. The average molecular weight is 308 g/mol. The van der Waals surface area contributed by atoms with Gasteiger partial charge in [-0.25, -0.2) is 9.97 Å². The van der Waals surface area contributed by atoms with Crippen molar-refractivity contribution >= 4 is 17.3 Å². The largest absolute Gasteiger partial charge is 0.370 e. The highest BCUT2D eigenvalue weighted by Crippen LogP contribution is 2.37. The van der Waals surface area contributed by atoms with Crippen LogP contribution in [0.1, 0.15) is 22.8 Å². The van der Waals surface area contributed by atoms with Crippen molar-refractivity contribution in [3.63, 3.8) is 0 Å². The monoisotopic (exact) mass is 308 g/mol. The van der Waals surface area contributed by atoms with Gasteiger partial charge in [0, 0.05) is 0 Å². The zero-order valence-corrected chi connectivity index (χ0v) is 11.5. The fourth-order valence-corrected chi connectivity index (χ4v) is 2.08. The number of nitrogens with zero attached hydrogens (tertiary/aromatic N) is 10. The van der Waals surface area contributed by atoms with Gasteiger partial charge in [-0.3, -0.25) is 0 Å². The summed E-state index contributed by atoms with van der Waals surface area (Å²) in [6, 6.07) is 3.50. The molecule has 0 bridgehead atoms. The van der Waals surface area contributed by atoms with E-state index in [-0.39, 0.29) is 51.5 Å². The molecular weight excluding hydrogens is 308 g/mol. The van der Waals surface area contributed by atoms with Crippen LogP contribution in [0.5, 0.6) is 0 Å². The molecule has 2 aromatic rings. The van der Waals surface area contributed by atoms with Crippen LogP contribution in [0.3, 0.4) is 0 Å². The van der Waals surface area contributed by atoms with Gasteiger partial charge in [-0.2, -0.15) is 17.1 Å². The second-order valence-electron chi connectivity index (χ2n) is 4.18. The van der Waals surface area contributed by atoms with Gasteiger partial charge in [0.2, 0.25) is 17.1 Å². The van der Waals surface area contributed by atoms with Gasteiger partial charge < -0.3 is 9.69 Å². The van der Waals surface area contributed by atoms with E-state index in [4.69, 9.17) is 30.2 Å². The molecule has 24 heavy (non-hydrogen) atoms. The molecule has 10 heteroatoms. The minimum atomic E-state index is -0.241. The highest BCUT2D eigenvalue weighted by atomic mass is 15.2. The van der Waals surface area contributed by atoms with Gasteiger partial charge in [0.25, 0.3) is 11.6 Å². The van der Waals surface area contributed by atoms with Crippen LogP contribution in [0.15, 0.2) is 5.10 Å². The molecule has 0 saturated heterocycles. The first-order valence-corrected chi connectivity index (χ1v) is 6.03. The van der Waals surface area contributed by atoms with Gasteiger partial charge >= 0.3 is 0 Å². The molecular formula is C14N10. The van der Waals surface area contributed by atoms with Crippen molar-refractivity contribution in [3.05, 3.63) is 57.1 Å². The zero-order valence-electron chi connectivity index (χ0n) is 11.5. The molecule has 10 nitrogen and oxygen atoms in total. The van der Waals surface area contributed by atoms with E-state index in [1.54, 1.807) is 12.1 Å². The van der Waals surface area contributed by atoms with Crippen molar-refractivity contribution in [3.8, 4) is 23.5 Å². The summed E-state index contributed by atoms with van der Waals surface area (Å²) in [4.78, 5) is 25.3. The van der Waals surface area contributed by atoms with E-state index in [0.29, 0.717) is 0 Å². The van der Waals surface area contributed by atoms with Crippen molar-refractivity contribution in [2.24, 2.45) is 5.10 Å². The van der Waals surface area contributed by atoms with E-state index in [0.717, 1.165) is 0 Å². The summed E-state index contributed by atoms with van der Waals surface area (Å²) in [7, 11) is 0. The Hall–Kier alpha value is -4.72. The lowest BCUT2D eigenvalue weighted by Gasteiger charge is -1.97. The topological polar surface area (TPSA) is 125 Å². The quantitative estimate of drug-likeness (QED) is 0.460. The lowest BCUT2D eigenvalue weighted by Crippen LogP contribution is -2.05. The molecule has 0 N–H and O–H groups in total. The molecule has 0 amide bonds. The van der Waals surface area contributed by atoms with Crippen LogP contribution in [0.4, 0.5) is 11.6 Å². The minimum absolute atomic E-state index is 0.00239. The van der Waals surface area contributed by atoms with Gasteiger partial charge in [0.1, 0.15) is 23.5 Å². The van der Waals surface area contributed by atoms with Crippen LogP contribution in [0.25, 0.3) is 26.0 Å². The first-order chi connectivity index (χ1) is 11.7. The Labute approximate surface area is 134 Å². The number of rotatable bonds is 0. The normalized spacial score (nSPS) is 12.0. The average Bonchev–Trinajstić information content (AvgIpc) is 2.91. The fraction of sp³-hybridized carbons (Fsp3) is 0. The predicted molar refractivity (Wildman–Crippen MR) is 77.3 cm³/mol. The molecule has 1 aliphatic carbocycles. The molecule has 2 heterocycles. The fourth-order valence-electron chi connectivity index (χ4n) is 2.08. The lowest BCUT2D eigenvalue weighted by molar-refractivity contribution is 1.12. The number of hydrogen-bond acceptors (Lipinski definition) is 7. The van der Waals surface area contributed by atoms with Gasteiger partial charge in [-0.15, -0.1) is 14.9 Å². The molecule has 3 rings (SSSR count). The molecule has 0 aromatic carbocycles. The molecule has 0 fully saturated rings. The Kier molecular flexibility index (Phi) is 3.11. The van der Waals surface area contributed by atoms with E-state index >= 15 is 0 Å². The van der Waals surface area contributed by atoms with E-state index in [9.17, 15) is 0 Å². The van der Waals surface area contributed by atoms with Crippen molar-refractivity contribution < 1.29 is 0 Å². The van der Waals surface area contributed by atoms with Crippen LogP contribution in [-0.4, -0.2) is 25.6 Å². The second-order valence-corrected chi connectivity index (χ2v) is 4.18. The van der Waals surface area contributed by atoms with E-state index in [2.05, 4.69) is 39.7 Å². The van der Waals surface area contributed by atoms with Crippen molar-refractivity contribution in [2.45, 2.75) is 0 Å². The molecule has 106 valence electrons. The lowest BCUT2D eigenvalue weighted by atomic mass is 10.2. The van der Waals surface area contributed by atoms with E-state index in [1.807, 2.05) is 0 Å². The number of nitriles is 2. The maximum absolute atomic E-state index is 9.07. The Balaban J connectivity index is 2.46. The third kappa shape index (κ3) is 1.81. The molecule has 0 unspecified atom stereocenters. The summed E-state index contributed by atoms with van der Waals surface area (Å²) in [5, 5.41) is 21.7. The number of aromatic nitrogens is 4. The maximum Gasteiger partial charge on any atom is 0.294 e. The summed E-state index contributed by atoms with van der Waals surface area (Å²) in [6.45, 7) is 21.1. The summed E-state index contributed by atoms with van der Waals surface area (Å²) in [5.74, 6) is -0.473. The Morgan fingerprint density at radius 2 is 1.21 bits per heavy atom. The van der Waals surface area contributed by atoms with Gasteiger partial charge in [0.15, 0.2) is 11.4 Å². The van der Waals surface area contributed by atoms with Crippen LogP contribution in [0.2, 0.25) is 0 Å². The van der Waals surface area contributed by atoms with Crippen molar-refractivity contribution in [2.75, 3.05) is 0 Å². The van der Waals surface area contributed by atoms with Gasteiger partial charge in [0.05, 0.1) is 5.10 Å². The molecule has 0 spiro atoms. The first kappa shape index (κ1) is 14.2. The Morgan fingerprint density at radius 1 is 0.750 bits per heavy atom. The molecule has 0 atom stereocenters. The maximum atomic E-state index is 9.07. The van der Waals surface area contributed by atoms with Crippen LogP contribution >= 0.6 is 0 Å². The molecule has 2 aromatic heterocycles. The molecule has 0 aliphatic heterocycles. The van der Waals surface area contributed by atoms with Gasteiger partial charge in [-0.1, -0.05) is 13.1 Å². The molecule has 1 aliphatic rings. The summed E-state index contributed by atoms with van der Waals surface area (Å²) in [5.41, 5.74) is -0.120. The van der Waals surface area contributed by atoms with E-state index in [1.165, 1.54) is 0 Å². The Bertz CT molecular complexity index is 1070. The third-order valence-electron chi connectivity index (χ3n) is 3.00. The number of hydrogen-bond donors (Lipinski definition) is 0. The van der Waals surface area contributed by atoms with Crippen LogP contribution < -0.4 is 0 Å². The SMILES string of the molecule is [C-]#[N+]/N=C1/c2nc(C#N)c(C#N)nc2-c2nc([N+]#[C-])c([N+]#[C-])nc21. The van der Waals surface area contributed by atoms with Crippen molar-refractivity contribution in [1.29, 1.82) is 10.5 Å². The van der Waals surface area contributed by atoms with Crippen LogP contribution in [-0.2, 0) is 0 Å². The van der Waals surface area contributed by atoms with Crippen molar-refractivity contribution in [1.82, 2.24) is 19.9 Å². The van der Waals surface area contributed by atoms with Gasteiger partial charge in [-0.05, 0) is 0 Å². The summed E-state index contributed by atoms with van der Waals surface area (Å²) in [6.07, 6.45) is 0. The first-order valence-electron chi connectivity index (χ1n) is 6.03. The molecule has 0 saturated carbocycles. The minimum Gasteiger partial charge on any atom is -0.370 e. The highest BCUT2D eigenvalue weighted by molar-refractivity contribution is 6.21. The third-order valence-corrected chi connectivity index (χ3v) is 3.00. The summed E-state index contributed by atoms with van der Waals surface area (Å²) < 4.78 is 0. The Morgan fingerprint density at radius 3 is 1.71 bits per heavy atom. The standard InChI is InChI=1S/C14N10/c1-17-13-14(18-2)23-11-9(22-13)8-10(12(11)24-19-3)21-7(5-16)6(4-15)20-8/b24-12-. The molecule has 0 radical (unpaired) electrons. The number of fused-ring (bicyclic) bond motifs is 3. The second kappa shape index (κ2) is 5.24. The zero-order chi connectivity index (χ0) is 17.3. The van der Waals surface area contributed by atoms with E-state index < -0.39 is 0 Å². The van der Waals surface area contributed by atoms with Crippen LogP contribution in [0, 0.1) is 42.4 Å². The smallest absolute Gasteiger partial charge is 0.294 e. The highest BCUT2D eigenvalue weighted by Gasteiger charge is 2.41.